The molecule has 0 fully saturated rings. The second kappa shape index (κ2) is 5.97. The van der Waals surface area contributed by atoms with E-state index >= 15 is 0 Å². The molecule has 0 saturated carbocycles. The Kier molecular flexibility index (Phi) is 4.61. The van der Waals surface area contributed by atoms with Crippen LogP contribution in [-0.2, 0) is 11.3 Å². The number of hydrogen-bond donors (Lipinski definition) is 1. The van der Waals surface area contributed by atoms with Crippen molar-refractivity contribution in [3.8, 4) is 6.07 Å². The number of rotatable bonds is 4. The molecule has 0 aromatic heterocycles. The minimum atomic E-state index is -0.423. The van der Waals surface area contributed by atoms with Gasteiger partial charge >= 0.3 is 0 Å². The van der Waals surface area contributed by atoms with Gasteiger partial charge in [-0.3, -0.25) is 9.69 Å². The van der Waals surface area contributed by atoms with Gasteiger partial charge in [-0.1, -0.05) is 6.07 Å². The molecular weight excluding hydrogens is 221 g/mol. The molecule has 1 N–H and O–H groups in total. The molecule has 0 bridgehead atoms. The van der Waals surface area contributed by atoms with Gasteiger partial charge in [-0.25, -0.2) is 4.39 Å². The van der Waals surface area contributed by atoms with Crippen LogP contribution in [0.25, 0.3) is 0 Å². The van der Waals surface area contributed by atoms with Gasteiger partial charge in [0.2, 0.25) is 5.91 Å². The minimum absolute atomic E-state index is 0.124. The lowest BCUT2D eigenvalue weighted by molar-refractivity contribution is -0.121. The van der Waals surface area contributed by atoms with Crippen LogP contribution in [0.1, 0.15) is 11.1 Å². The first-order chi connectivity index (χ1) is 8.06. The summed E-state index contributed by atoms with van der Waals surface area (Å²) in [4.78, 5) is 12.8. The highest BCUT2D eigenvalue weighted by molar-refractivity contribution is 5.77. The summed E-state index contributed by atoms with van der Waals surface area (Å²) in [5.41, 5.74) is 0.760. The maximum Gasteiger partial charge on any atom is 0.233 e. The number of likely N-dealkylation sites (N-methyl/N-ethyl adjacent to an activating group) is 2. The fourth-order valence-corrected chi connectivity index (χ4v) is 1.42. The van der Waals surface area contributed by atoms with Gasteiger partial charge in [0, 0.05) is 19.2 Å². The van der Waals surface area contributed by atoms with Crippen molar-refractivity contribution in [3.05, 3.63) is 35.1 Å². The van der Waals surface area contributed by atoms with E-state index in [9.17, 15) is 9.18 Å². The number of benzene rings is 1. The van der Waals surface area contributed by atoms with E-state index in [2.05, 4.69) is 5.32 Å². The second-order valence-corrected chi connectivity index (χ2v) is 3.76. The summed E-state index contributed by atoms with van der Waals surface area (Å²) >= 11 is 0. The lowest BCUT2D eigenvalue weighted by Crippen LogP contribution is -2.32. The van der Waals surface area contributed by atoms with Crippen molar-refractivity contribution in [1.82, 2.24) is 10.2 Å². The van der Waals surface area contributed by atoms with Gasteiger partial charge in [0.15, 0.2) is 0 Å². The summed E-state index contributed by atoms with van der Waals surface area (Å²) in [6.45, 7) is 0.529. The van der Waals surface area contributed by atoms with E-state index in [0.29, 0.717) is 17.7 Å². The molecule has 4 nitrogen and oxygen atoms in total. The van der Waals surface area contributed by atoms with Gasteiger partial charge in [-0.05, 0) is 19.2 Å². The molecule has 0 saturated heterocycles. The molecule has 0 atom stereocenters. The van der Waals surface area contributed by atoms with E-state index in [1.54, 1.807) is 31.1 Å². The molecule has 0 aliphatic heterocycles. The maximum absolute atomic E-state index is 13.5. The number of nitriles is 1. The number of carbonyl (C=O) groups excluding carboxylic acids is 1. The van der Waals surface area contributed by atoms with E-state index in [-0.39, 0.29) is 12.5 Å². The summed E-state index contributed by atoms with van der Waals surface area (Å²) < 4.78 is 13.5. The van der Waals surface area contributed by atoms with Crippen molar-refractivity contribution in [2.45, 2.75) is 6.54 Å². The van der Waals surface area contributed by atoms with Gasteiger partial charge in [0.25, 0.3) is 0 Å². The van der Waals surface area contributed by atoms with Gasteiger partial charge in [0.05, 0.1) is 18.2 Å². The molecule has 0 heterocycles. The molecule has 1 rings (SSSR count). The average Bonchev–Trinajstić information content (AvgIpc) is 2.31. The zero-order chi connectivity index (χ0) is 12.8. The number of hydrogen-bond acceptors (Lipinski definition) is 3. The molecule has 1 amide bonds. The van der Waals surface area contributed by atoms with Gasteiger partial charge in [-0.15, -0.1) is 0 Å². The topological polar surface area (TPSA) is 56.1 Å². The molecule has 1 aromatic rings. The lowest BCUT2D eigenvalue weighted by atomic mass is 10.1. The van der Waals surface area contributed by atoms with Crippen LogP contribution in [0, 0.1) is 17.1 Å². The fourth-order valence-electron chi connectivity index (χ4n) is 1.42. The van der Waals surface area contributed by atoms with E-state index in [1.165, 1.54) is 6.07 Å². The van der Waals surface area contributed by atoms with Gasteiger partial charge in [-0.2, -0.15) is 5.26 Å². The smallest absolute Gasteiger partial charge is 0.233 e. The molecule has 0 aliphatic rings. The first-order valence-corrected chi connectivity index (χ1v) is 5.14. The van der Waals surface area contributed by atoms with Crippen LogP contribution in [0.4, 0.5) is 4.39 Å². The molecule has 17 heavy (non-hydrogen) atoms. The quantitative estimate of drug-likeness (QED) is 0.842. The number of carbonyl (C=O) groups is 1. The maximum atomic E-state index is 13.5. The zero-order valence-corrected chi connectivity index (χ0v) is 9.83. The largest absolute Gasteiger partial charge is 0.358 e. The molecule has 1 aromatic carbocycles. The third kappa shape index (κ3) is 3.85. The van der Waals surface area contributed by atoms with Crippen LogP contribution in [0.2, 0.25) is 0 Å². The van der Waals surface area contributed by atoms with Crippen LogP contribution in [0.3, 0.4) is 0 Å². The highest BCUT2D eigenvalue weighted by Crippen LogP contribution is 2.11. The molecule has 90 valence electrons. The van der Waals surface area contributed by atoms with Crippen LogP contribution in [0.5, 0.6) is 0 Å². The Morgan fingerprint density at radius 1 is 1.59 bits per heavy atom. The molecular formula is C12H14FN3O. The first-order valence-electron chi connectivity index (χ1n) is 5.14. The van der Waals surface area contributed by atoms with Gasteiger partial charge < -0.3 is 5.32 Å². The third-order valence-corrected chi connectivity index (χ3v) is 2.31. The summed E-state index contributed by atoms with van der Waals surface area (Å²) in [6, 6.07) is 6.19. The predicted octanol–water partition coefficient (Wildman–Crippen LogP) is 0.875. The SMILES string of the molecule is CNC(=O)CN(C)Cc1ccc(C#N)cc1F. The van der Waals surface area contributed by atoms with Crippen LogP contribution < -0.4 is 5.32 Å². The van der Waals surface area contributed by atoms with Crippen molar-refractivity contribution in [1.29, 1.82) is 5.26 Å². The number of nitrogens with one attached hydrogen (secondary N) is 1. The normalized spacial score (nSPS) is 10.1. The van der Waals surface area contributed by atoms with Crippen molar-refractivity contribution < 1.29 is 9.18 Å². The third-order valence-electron chi connectivity index (χ3n) is 2.31. The molecule has 0 radical (unpaired) electrons. The van der Waals surface area contributed by atoms with Crippen molar-refractivity contribution >= 4 is 5.91 Å². The predicted molar refractivity (Wildman–Crippen MR) is 61.5 cm³/mol. The first kappa shape index (κ1) is 13.1. The zero-order valence-electron chi connectivity index (χ0n) is 9.83. The van der Waals surface area contributed by atoms with Crippen LogP contribution in [-0.4, -0.2) is 31.4 Å². The standard InChI is InChI=1S/C12H14FN3O/c1-15-12(17)8-16(2)7-10-4-3-9(6-14)5-11(10)13/h3-5H,7-8H2,1-2H3,(H,15,17). The Balaban J connectivity index is 2.69. The van der Waals surface area contributed by atoms with E-state index < -0.39 is 5.82 Å². The Morgan fingerprint density at radius 2 is 2.29 bits per heavy atom. The number of nitrogens with zero attached hydrogens (tertiary/aromatic N) is 2. The van der Waals surface area contributed by atoms with Gasteiger partial charge in [0.1, 0.15) is 5.82 Å². The number of halogens is 1. The van der Waals surface area contributed by atoms with Crippen molar-refractivity contribution in [2.75, 3.05) is 20.6 Å². The molecule has 5 heteroatoms. The summed E-state index contributed by atoms with van der Waals surface area (Å²) in [5, 5.41) is 11.1. The fraction of sp³-hybridized carbons (Fsp3) is 0.333. The second-order valence-electron chi connectivity index (χ2n) is 3.76. The summed E-state index contributed by atoms with van der Waals surface area (Å²) in [6.07, 6.45) is 0. The van der Waals surface area contributed by atoms with E-state index in [4.69, 9.17) is 5.26 Å². The number of amides is 1. The monoisotopic (exact) mass is 235 g/mol. The Hall–Kier alpha value is -1.93. The van der Waals surface area contributed by atoms with E-state index in [0.717, 1.165) is 0 Å². The van der Waals surface area contributed by atoms with Crippen LogP contribution >= 0.6 is 0 Å². The minimum Gasteiger partial charge on any atom is -0.358 e. The molecule has 0 spiro atoms. The highest BCUT2D eigenvalue weighted by Gasteiger charge is 2.09. The lowest BCUT2D eigenvalue weighted by Gasteiger charge is -2.15. The Labute approximate surface area is 99.7 Å². The Bertz CT molecular complexity index is 454. The highest BCUT2D eigenvalue weighted by atomic mass is 19.1. The molecule has 0 unspecified atom stereocenters. The molecule has 0 aliphatic carbocycles. The summed E-state index contributed by atoms with van der Waals surface area (Å²) in [7, 11) is 3.28. The summed E-state index contributed by atoms with van der Waals surface area (Å²) in [5.74, 6) is -0.547. The van der Waals surface area contributed by atoms with Crippen molar-refractivity contribution in [2.24, 2.45) is 0 Å². The van der Waals surface area contributed by atoms with Crippen molar-refractivity contribution in [3.63, 3.8) is 0 Å². The Morgan fingerprint density at radius 3 is 2.82 bits per heavy atom. The van der Waals surface area contributed by atoms with Crippen LogP contribution in [0.15, 0.2) is 18.2 Å². The average molecular weight is 235 g/mol. The van der Waals surface area contributed by atoms with E-state index in [1.807, 2.05) is 6.07 Å².